The monoisotopic (exact) mass is 333 g/mol. The summed E-state index contributed by atoms with van der Waals surface area (Å²) in [6, 6.07) is 3.70. The SMILES string of the molecule is CN(C)CCOC(=O)C(O)(c1cccs1)C1CCCC1.Cl. The number of hydrogen-bond donors (Lipinski definition) is 1. The molecule has 1 fully saturated rings. The van der Waals surface area contributed by atoms with E-state index in [2.05, 4.69) is 0 Å². The molecule has 120 valence electrons. The number of esters is 1. The summed E-state index contributed by atoms with van der Waals surface area (Å²) in [6.07, 6.45) is 3.92. The smallest absolute Gasteiger partial charge is 0.344 e. The van der Waals surface area contributed by atoms with Gasteiger partial charge >= 0.3 is 5.97 Å². The van der Waals surface area contributed by atoms with Crippen LogP contribution >= 0.6 is 23.7 Å². The van der Waals surface area contributed by atoms with Gasteiger partial charge in [-0.3, -0.25) is 0 Å². The predicted molar refractivity (Wildman–Crippen MR) is 86.9 cm³/mol. The second-order valence-corrected chi connectivity index (χ2v) is 6.61. The maximum Gasteiger partial charge on any atom is 0.344 e. The van der Waals surface area contributed by atoms with E-state index in [9.17, 15) is 9.90 Å². The molecule has 1 unspecified atom stereocenters. The fourth-order valence-corrected chi connectivity index (χ4v) is 3.63. The van der Waals surface area contributed by atoms with Crippen LogP contribution in [0.15, 0.2) is 17.5 Å². The molecular weight excluding hydrogens is 310 g/mol. The van der Waals surface area contributed by atoms with Gasteiger partial charge < -0.3 is 14.7 Å². The standard InChI is InChI=1S/C15H23NO3S.ClH/c1-16(2)9-10-19-14(17)15(18,12-6-3-4-7-12)13-8-5-11-20-13;/h5,8,11-12,18H,3-4,6-7,9-10H2,1-2H3;1H. The normalized spacial score (nSPS) is 18.3. The molecule has 0 radical (unpaired) electrons. The molecule has 0 spiro atoms. The van der Waals surface area contributed by atoms with Crippen molar-refractivity contribution in [3.8, 4) is 0 Å². The summed E-state index contributed by atoms with van der Waals surface area (Å²) in [4.78, 5) is 15.1. The van der Waals surface area contributed by atoms with Crippen molar-refractivity contribution in [2.75, 3.05) is 27.2 Å². The molecule has 0 saturated heterocycles. The summed E-state index contributed by atoms with van der Waals surface area (Å²) < 4.78 is 5.33. The first-order valence-electron chi connectivity index (χ1n) is 7.13. The quantitative estimate of drug-likeness (QED) is 0.813. The van der Waals surface area contributed by atoms with Gasteiger partial charge in [0.2, 0.25) is 0 Å². The number of rotatable bonds is 6. The van der Waals surface area contributed by atoms with Crippen molar-refractivity contribution in [3.63, 3.8) is 0 Å². The Hall–Kier alpha value is -0.620. The van der Waals surface area contributed by atoms with E-state index in [0.717, 1.165) is 25.7 Å². The number of carbonyl (C=O) groups is 1. The molecule has 1 aliphatic rings. The number of carbonyl (C=O) groups excluding carboxylic acids is 1. The molecule has 1 N–H and O–H groups in total. The third-order valence-electron chi connectivity index (χ3n) is 3.93. The van der Waals surface area contributed by atoms with Gasteiger partial charge in [0.25, 0.3) is 0 Å². The van der Waals surface area contributed by atoms with Crippen LogP contribution in [0.3, 0.4) is 0 Å². The van der Waals surface area contributed by atoms with Gasteiger partial charge in [-0.25, -0.2) is 4.79 Å². The second kappa shape index (κ2) is 8.13. The Morgan fingerprint density at radius 3 is 2.67 bits per heavy atom. The van der Waals surface area contributed by atoms with Crippen molar-refractivity contribution >= 4 is 29.7 Å². The summed E-state index contributed by atoms with van der Waals surface area (Å²) in [7, 11) is 3.85. The first-order valence-corrected chi connectivity index (χ1v) is 8.01. The van der Waals surface area contributed by atoms with Gasteiger partial charge in [-0.05, 0) is 38.4 Å². The highest BCUT2D eigenvalue weighted by Gasteiger charge is 2.48. The zero-order valence-electron chi connectivity index (χ0n) is 12.6. The summed E-state index contributed by atoms with van der Waals surface area (Å²) >= 11 is 1.42. The molecule has 6 heteroatoms. The first kappa shape index (κ1) is 18.4. The maximum absolute atomic E-state index is 12.4. The van der Waals surface area contributed by atoms with Crippen LogP contribution in [0.5, 0.6) is 0 Å². The highest BCUT2D eigenvalue weighted by atomic mass is 35.5. The minimum atomic E-state index is -1.46. The van der Waals surface area contributed by atoms with Crippen LogP contribution in [-0.4, -0.2) is 43.2 Å². The molecule has 21 heavy (non-hydrogen) atoms. The van der Waals surface area contributed by atoms with Gasteiger partial charge in [-0.15, -0.1) is 23.7 Å². The Balaban J connectivity index is 0.00000220. The van der Waals surface area contributed by atoms with Crippen LogP contribution in [0.25, 0.3) is 0 Å². The molecule has 1 heterocycles. The van der Waals surface area contributed by atoms with Gasteiger partial charge in [0, 0.05) is 17.3 Å². The second-order valence-electron chi connectivity index (χ2n) is 5.66. The van der Waals surface area contributed by atoms with Crippen LogP contribution in [0.1, 0.15) is 30.6 Å². The molecule has 1 aromatic rings. The third kappa shape index (κ3) is 4.19. The Morgan fingerprint density at radius 1 is 1.48 bits per heavy atom. The van der Waals surface area contributed by atoms with E-state index in [4.69, 9.17) is 4.74 Å². The number of ether oxygens (including phenoxy) is 1. The number of hydrogen-bond acceptors (Lipinski definition) is 5. The molecule has 0 bridgehead atoms. The summed E-state index contributed by atoms with van der Waals surface area (Å²) in [5, 5.41) is 12.9. The van der Waals surface area contributed by atoms with E-state index in [1.54, 1.807) is 0 Å². The van der Waals surface area contributed by atoms with Crippen molar-refractivity contribution < 1.29 is 14.6 Å². The minimum absolute atomic E-state index is 0. The Morgan fingerprint density at radius 2 is 2.14 bits per heavy atom. The molecule has 0 aromatic carbocycles. The number of aliphatic hydroxyl groups is 1. The lowest BCUT2D eigenvalue weighted by Crippen LogP contribution is -2.43. The van der Waals surface area contributed by atoms with E-state index >= 15 is 0 Å². The first-order chi connectivity index (χ1) is 9.55. The zero-order valence-corrected chi connectivity index (χ0v) is 14.2. The topological polar surface area (TPSA) is 49.8 Å². The van der Waals surface area contributed by atoms with Crippen LogP contribution in [0, 0.1) is 5.92 Å². The van der Waals surface area contributed by atoms with E-state index in [0.29, 0.717) is 18.0 Å². The lowest BCUT2D eigenvalue weighted by molar-refractivity contribution is -0.173. The third-order valence-corrected chi connectivity index (χ3v) is 4.92. The minimum Gasteiger partial charge on any atom is -0.462 e. The number of likely N-dealkylation sites (N-methyl/N-ethyl adjacent to an activating group) is 1. The van der Waals surface area contributed by atoms with Crippen LogP contribution < -0.4 is 0 Å². The fraction of sp³-hybridized carbons (Fsp3) is 0.667. The summed E-state index contributed by atoms with van der Waals surface area (Å²) in [5.74, 6) is -0.512. The van der Waals surface area contributed by atoms with Crippen molar-refractivity contribution in [3.05, 3.63) is 22.4 Å². The molecule has 1 aromatic heterocycles. The molecular formula is C15H24ClNO3S. The summed E-state index contributed by atoms with van der Waals surface area (Å²) in [6.45, 7) is 0.975. The molecule has 1 aliphatic carbocycles. The Bertz CT molecular complexity index is 432. The largest absolute Gasteiger partial charge is 0.462 e. The fourth-order valence-electron chi connectivity index (χ4n) is 2.74. The highest BCUT2D eigenvalue weighted by Crippen LogP contribution is 2.43. The van der Waals surface area contributed by atoms with Gasteiger partial charge in [0.1, 0.15) is 6.61 Å². The lowest BCUT2D eigenvalue weighted by atomic mass is 9.84. The molecule has 0 aliphatic heterocycles. The van der Waals surface area contributed by atoms with E-state index in [1.165, 1.54) is 11.3 Å². The molecule has 4 nitrogen and oxygen atoms in total. The van der Waals surface area contributed by atoms with Crippen LogP contribution in [0.2, 0.25) is 0 Å². The predicted octanol–water partition coefficient (Wildman–Crippen LogP) is 2.65. The molecule has 1 atom stereocenters. The highest BCUT2D eigenvalue weighted by molar-refractivity contribution is 7.10. The van der Waals surface area contributed by atoms with Crippen molar-refractivity contribution in [2.24, 2.45) is 5.92 Å². The van der Waals surface area contributed by atoms with Gasteiger partial charge in [-0.2, -0.15) is 0 Å². The van der Waals surface area contributed by atoms with Crippen molar-refractivity contribution in [2.45, 2.75) is 31.3 Å². The summed E-state index contributed by atoms with van der Waals surface area (Å²) in [5.41, 5.74) is -1.46. The molecule has 1 saturated carbocycles. The van der Waals surface area contributed by atoms with Crippen LogP contribution in [0.4, 0.5) is 0 Å². The van der Waals surface area contributed by atoms with Crippen LogP contribution in [-0.2, 0) is 15.1 Å². The Labute approximate surface area is 136 Å². The molecule has 0 amide bonds. The van der Waals surface area contributed by atoms with E-state index < -0.39 is 11.6 Å². The molecule has 2 rings (SSSR count). The number of nitrogens with zero attached hydrogens (tertiary/aromatic N) is 1. The van der Waals surface area contributed by atoms with Gasteiger partial charge in [0.05, 0.1) is 0 Å². The lowest BCUT2D eigenvalue weighted by Gasteiger charge is -2.31. The zero-order chi connectivity index (χ0) is 14.6. The Kier molecular flexibility index (Phi) is 7.13. The van der Waals surface area contributed by atoms with Crippen molar-refractivity contribution in [1.29, 1.82) is 0 Å². The van der Waals surface area contributed by atoms with Gasteiger partial charge in [0.15, 0.2) is 5.60 Å². The van der Waals surface area contributed by atoms with E-state index in [-0.39, 0.29) is 18.3 Å². The number of halogens is 1. The van der Waals surface area contributed by atoms with Gasteiger partial charge in [-0.1, -0.05) is 18.9 Å². The van der Waals surface area contributed by atoms with E-state index in [1.807, 2.05) is 36.5 Å². The average Bonchev–Trinajstić information content (AvgIpc) is 3.10. The van der Waals surface area contributed by atoms with Crippen molar-refractivity contribution in [1.82, 2.24) is 4.90 Å². The number of thiophene rings is 1. The maximum atomic E-state index is 12.4. The average molecular weight is 334 g/mol.